The minimum atomic E-state index is -1.35. The summed E-state index contributed by atoms with van der Waals surface area (Å²) in [7, 11) is 0. The third kappa shape index (κ3) is 2.44. The molecular formula is C9H16N2O6Si. The second kappa shape index (κ2) is 5.59. The molecule has 4 N–H and O–H groups in total. The topological polar surface area (TPSA) is 125 Å². The van der Waals surface area contributed by atoms with Crippen LogP contribution in [0.25, 0.3) is 0 Å². The van der Waals surface area contributed by atoms with Gasteiger partial charge in [-0.05, 0) is 11.0 Å². The van der Waals surface area contributed by atoms with E-state index in [1.165, 1.54) is 0 Å². The van der Waals surface area contributed by atoms with Gasteiger partial charge in [0.15, 0.2) is 6.23 Å². The molecule has 1 aromatic rings. The molecule has 1 saturated heterocycles. The fraction of sp³-hybridized carbons (Fsp3) is 0.556. The van der Waals surface area contributed by atoms with Gasteiger partial charge in [-0.3, -0.25) is 14.3 Å². The molecule has 0 unspecified atom stereocenters. The van der Waals surface area contributed by atoms with Gasteiger partial charge in [0, 0.05) is 12.3 Å². The van der Waals surface area contributed by atoms with E-state index in [0.717, 1.165) is 16.8 Å². The third-order valence-corrected chi connectivity index (χ3v) is 2.64. The van der Waals surface area contributed by atoms with Crippen LogP contribution >= 0.6 is 0 Å². The lowest BCUT2D eigenvalue weighted by atomic mass is 10.1. The van der Waals surface area contributed by atoms with E-state index in [9.17, 15) is 19.8 Å². The summed E-state index contributed by atoms with van der Waals surface area (Å²) < 4.78 is 6.08. The summed E-state index contributed by atoms with van der Waals surface area (Å²) >= 11 is 0. The molecule has 0 aromatic carbocycles. The number of H-pyrrole nitrogens is 1. The molecule has 2 heterocycles. The molecule has 0 saturated carbocycles. The molecular weight excluding hydrogens is 260 g/mol. The Kier molecular flexibility index (Phi) is 4.59. The molecule has 18 heavy (non-hydrogen) atoms. The molecule has 1 aliphatic rings. The number of aliphatic hydroxyl groups is 3. The number of rotatable bonds is 2. The average Bonchev–Trinajstić information content (AvgIpc) is 2.57. The first-order chi connectivity index (χ1) is 8.04. The minimum absolute atomic E-state index is 0. The van der Waals surface area contributed by atoms with Crippen molar-refractivity contribution in [2.75, 3.05) is 6.61 Å². The Hall–Kier alpha value is -1.26. The van der Waals surface area contributed by atoms with Gasteiger partial charge in [-0.2, -0.15) is 0 Å². The van der Waals surface area contributed by atoms with Crippen molar-refractivity contribution in [1.29, 1.82) is 0 Å². The maximum Gasteiger partial charge on any atom is 0.330 e. The highest BCUT2D eigenvalue weighted by Crippen LogP contribution is 2.27. The average molecular weight is 276 g/mol. The van der Waals surface area contributed by atoms with Crippen LogP contribution in [0.5, 0.6) is 0 Å². The van der Waals surface area contributed by atoms with Crippen molar-refractivity contribution in [2.24, 2.45) is 0 Å². The van der Waals surface area contributed by atoms with Gasteiger partial charge in [-0.25, -0.2) is 4.79 Å². The molecule has 8 nitrogen and oxygen atoms in total. The number of aliphatic hydroxyl groups excluding tert-OH is 3. The van der Waals surface area contributed by atoms with Crippen molar-refractivity contribution in [3.63, 3.8) is 0 Å². The zero-order valence-corrected chi connectivity index (χ0v) is 8.68. The molecule has 1 fully saturated rings. The predicted molar refractivity (Wildman–Crippen MR) is 65.7 cm³/mol. The number of aromatic nitrogens is 2. The number of nitrogens with one attached hydrogen (secondary N) is 1. The van der Waals surface area contributed by atoms with Gasteiger partial charge in [-0.15, -0.1) is 0 Å². The van der Waals surface area contributed by atoms with Crippen molar-refractivity contribution in [3.05, 3.63) is 33.1 Å². The maximum atomic E-state index is 11.4. The van der Waals surface area contributed by atoms with Crippen molar-refractivity contribution in [3.8, 4) is 0 Å². The lowest BCUT2D eigenvalue weighted by molar-refractivity contribution is -0.0550. The van der Waals surface area contributed by atoms with E-state index in [1.807, 2.05) is 4.98 Å². The highest BCUT2D eigenvalue weighted by Gasteiger charge is 2.43. The van der Waals surface area contributed by atoms with Crippen molar-refractivity contribution in [1.82, 2.24) is 9.55 Å². The summed E-state index contributed by atoms with van der Waals surface area (Å²) in [6.45, 7) is -0.479. The van der Waals surface area contributed by atoms with Crippen LogP contribution in [0.2, 0.25) is 0 Å². The fourth-order valence-electron chi connectivity index (χ4n) is 1.74. The zero-order valence-electron chi connectivity index (χ0n) is 8.68. The minimum Gasteiger partial charge on any atom is -0.394 e. The summed E-state index contributed by atoms with van der Waals surface area (Å²) in [4.78, 5) is 24.3. The largest absolute Gasteiger partial charge is 0.394 e. The zero-order chi connectivity index (χ0) is 12.6. The van der Waals surface area contributed by atoms with Crippen LogP contribution in [-0.2, 0) is 4.74 Å². The lowest BCUT2D eigenvalue weighted by Gasteiger charge is -2.16. The van der Waals surface area contributed by atoms with Crippen LogP contribution in [0.15, 0.2) is 21.9 Å². The van der Waals surface area contributed by atoms with Gasteiger partial charge in [0.25, 0.3) is 5.56 Å². The number of aromatic amines is 1. The highest BCUT2D eigenvalue weighted by atomic mass is 28.1. The fourth-order valence-corrected chi connectivity index (χ4v) is 1.74. The molecule has 0 spiro atoms. The van der Waals surface area contributed by atoms with Crippen molar-refractivity contribution >= 4 is 11.0 Å². The van der Waals surface area contributed by atoms with Crippen LogP contribution < -0.4 is 11.2 Å². The van der Waals surface area contributed by atoms with Gasteiger partial charge in [0.1, 0.15) is 18.3 Å². The Bertz CT molecular complexity index is 514. The van der Waals surface area contributed by atoms with Gasteiger partial charge < -0.3 is 20.1 Å². The molecule has 102 valence electrons. The van der Waals surface area contributed by atoms with Gasteiger partial charge in [0.05, 0.1) is 6.61 Å². The first-order valence-electron chi connectivity index (χ1n) is 4.98. The van der Waals surface area contributed by atoms with Crippen LogP contribution in [-0.4, -0.2) is 60.8 Å². The Balaban J connectivity index is 0.00000162. The molecule has 1 aliphatic heterocycles. The molecule has 0 amide bonds. The number of hydrogen-bond donors (Lipinski definition) is 4. The second-order valence-electron chi connectivity index (χ2n) is 3.75. The third-order valence-electron chi connectivity index (χ3n) is 2.64. The SMILES string of the molecule is O=c1ccn([C@@H]2O[C@H](CO)[C@@H](O)[C@H]2O)c(=O)[nH]1.[SiH4]. The van der Waals surface area contributed by atoms with E-state index in [2.05, 4.69) is 0 Å². The monoisotopic (exact) mass is 276 g/mol. The Morgan fingerprint density at radius 3 is 2.50 bits per heavy atom. The number of nitrogens with zero attached hydrogens (tertiary/aromatic N) is 1. The van der Waals surface area contributed by atoms with Gasteiger partial charge in [-0.1, -0.05) is 0 Å². The normalized spacial score (nSPS) is 31.1. The van der Waals surface area contributed by atoms with E-state index in [1.54, 1.807) is 0 Å². The summed E-state index contributed by atoms with van der Waals surface area (Å²) in [5, 5.41) is 28.1. The Morgan fingerprint density at radius 1 is 1.33 bits per heavy atom. The van der Waals surface area contributed by atoms with E-state index in [0.29, 0.717) is 0 Å². The Morgan fingerprint density at radius 2 is 2.00 bits per heavy atom. The summed E-state index contributed by atoms with van der Waals surface area (Å²) in [5.74, 6) is 0. The summed E-state index contributed by atoms with van der Waals surface area (Å²) in [6, 6.07) is 1.09. The van der Waals surface area contributed by atoms with Crippen LogP contribution in [0, 0.1) is 0 Å². The van der Waals surface area contributed by atoms with Crippen molar-refractivity contribution < 1.29 is 20.1 Å². The maximum absolute atomic E-state index is 11.4. The number of hydrogen-bond acceptors (Lipinski definition) is 6. The smallest absolute Gasteiger partial charge is 0.330 e. The Labute approximate surface area is 105 Å². The van der Waals surface area contributed by atoms with E-state index in [4.69, 9.17) is 9.84 Å². The van der Waals surface area contributed by atoms with E-state index in [-0.39, 0.29) is 11.0 Å². The predicted octanol–water partition coefficient (Wildman–Crippen LogP) is -4.30. The molecule has 0 bridgehead atoms. The number of ether oxygens (including phenoxy) is 1. The van der Waals surface area contributed by atoms with Crippen LogP contribution in [0.1, 0.15) is 6.23 Å². The molecule has 4 atom stereocenters. The van der Waals surface area contributed by atoms with Crippen molar-refractivity contribution in [2.45, 2.75) is 24.5 Å². The molecule has 1 aromatic heterocycles. The van der Waals surface area contributed by atoms with Crippen LogP contribution in [0.3, 0.4) is 0 Å². The van der Waals surface area contributed by atoms with Gasteiger partial charge in [0.2, 0.25) is 0 Å². The second-order valence-corrected chi connectivity index (χ2v) is 3.75. The van der Waals surface area contributed by atoms with E-state index >= 15 is 0 Å². The summed E-state index contributed by atoms with van der Waals surface area (Å²) in [6.07, 6.45) is -3.58. The van der Waals surface area contributed by atoms with Gasteiger partial charge >= 0.3 is 5.69 Å². The molecule has 0 radical (unpaired) electrons. The van der Waals surface area contributed by atoms with Crippen LogP contribution in [0.4, 0.5) is 0 Å². The first kappa shape index (κ1) is 14.8. The van der Waals surface area contributed by atoms with E-state index < -0.39 is 42.4 Å². The lowest BCUT2D eigenvalue weighted by Crippen LogP contribution is -2.37. The molecule has 0 aliphatic carbocycles. The standard InChI is InChI=1S/C9H12N2O6.H4Si/c12-3-4-6(14)7(15)8(17-4)11-2-1-5(13)10-9(11)16;/h1-2,4,6-8,12,14-15H,3H2,(H,10,13,16);1H4/t4-,6-,7-,8-;/m1./s1. The molecule has 9 heteroatoms. The molecule has 2 rings (SSSR count). The highest BCUT2D eigenvalue weighted by molar-refractivity contribution is 5.75. The quantitative estimate of drug-likeness (QED) is 0.405. The first-order valence-corrected chi connectivity index (χ1v) is 4.98. The summed E-state index contributed by atoms with van der Waals surface area (Å²) in [5.41, 5.74) is -1.33.